The molecule has 0 amide bonds. The van der Waals surface area contributed by atoms with Gasteiger partial charge in [0.05, 0.1) is 5.41 Å². The molecule has 0 saturated heterocycles. The maximum absolute atomic E-state index is 6.33. The van der Waals surface area contributed by atoms with E-state index in [-0.39, 0.29) is 10.8 Å². The Morgan fingerprint density at radius 3 is 1.38 bits per heavy atom. The monoisotopic (exact) mass is 814 g/mol. The zero-order chi connectivity index (χ0) is 42.8. The average molecular weight is 815 g/mol. The van der Waals surface area contributed by atoms with Gasteiger partial charge in [0.15, 0.2) is 11.2 Å². The van der Waals surface area contributed by atoms with Crippen LogP contribution in [0, 0.1) is 0 Å². The predicted molar refractivity (Wildman–Crippen MR) is 257 cm³/mol. The molecule has 0 unspecified atom stereocenters. The lowest BCUT2D eigenvalue weighted by Gasteiger charge is -2.32. The molecule has 0 bridgehead atoms. The normalized spacial score (nSPS) is 13.7. The largest absolute Gasteiger partial charge is 0.436 e. The van der Waals surface area contributed by atoms with Crippen LogP contribution in [0.1, 0.15) is 74.9 Å². The van der Waals surface area contributed by atoms with Gasteiger partial charge in [-0.15, -0.1) is 0 Å². The van der Waals surface area contributed by atoms with Crippen LogP contribution in [-0.2, 0) is 16.2 Å². The smallest absolute Gasteiger partial charge is 0.227 e. The van der Waals surface area contributed by atoms with Crippen LogP contribution in [-0.4, -0.2) is 9.97 Å². The zero-order valence-corrected chi connectivity index (χ0v) is 36.4. The van der Waals surface area contributed by atoms with Gasteiger partial charge in [0.25, 0.3) is 0 Å². The van der Waals surface area contributed by atoms with Crippen molar-refractivity contribution in [1.29, 1.82) is 0 Å². The van der Waals surface area contributed by atoms with Crippen LogP contribution in [0.4, 0.5) is 0 Å². The molecule has 0 N–H and O–H groups in total. The number of benzene rings is 8. The molecule has 2 aromatic heterocycles. The van der Waals surface area contributed by atoms with Crippen molar-refractivity contribution in [2.75, 3.05) is 0 Å². The second-order valence-electron chi connectivity index (χ2n) is 19.4. The van der Waals surface area contributed by atoms with E-state index in [1.165, 1.54) is 61.2 Å². The third-order valence-electron chi connectivity index (χ3n) is 13.5. The zero-order valence-electron chi connectivity index (χ0n) is 36.4. The summed E-state index contributed by atoms with van der Waals surface area (Å²) in [6.45, 7) is 13.9. The Balaban J connectivity index is 1.03. The van der Waals surface area contributed by atoms with Crippen molar-refractivity contribution < 1.29 is 8.83 Å². The molecule has 10 aromatic rings. The van der Waals surface area contributed by atoms with Gasteiger partial charge >= 0.3 is 0 Å². The van der Waals surface area contributed by atoms with Crippen LogP contribution < -0.4 is 0 Å². The van der Waals surface area contributed by atoms with Crippen LogP contribution in [0.2, 0.25) is 0 Å². The summed E-state index contributed by atoms with van der Waals surface area (Å²) in [4.78, 5) is 9.77. The topological polar surface area (TPSA) is 52.1 Å². The van der Waals surface area contributed by atoms with Crippen molar-refractivity contribution in [1.82, 2.24) is 9.97 Å². The Bertz CT molecular complexity index is 3270. The van der Waals surface area contributed by atoms with Crippen molar-refractivity contribution in [3.8, 4) is 67.4 Å². The number of oxazole rings is 2. The van der Waals surface area contributed by atoms with Gasteiger partial charge in [-0.2, -0.15) is 0 Å². The first kappa shape index (κ1) is 37.5. The summed E-state index contributed by atoms with van der Waals surface area (Å²) < 4.78 is 12.7. The number of hydrogen-bond acceptors (Lipinski definition) is 4. The molecule has 0 aliphatic heterocycles. The highest BCUT2D eigenvalue weighted by atomic mass is 16.4. The quantitative estimate of drug-likeness (QED) is 0.178. The van der Waals surface area contributed by atoms with Crippen molar-refractivity contribution >= 4 is 22.2 Å². The molecule has 2 aliphatic carbocycles. The lowest BCUT2D eigenvalue weighted by atomic mass is 9.68. The number of rotatable bonds is 4. The summed E-state index contributed by atoms with van der Waals surface area (Å²) in [5, 5.41) is 0. The molecule has 0 saturated carbocycles. The Kier molecular flexibility index (Phi) is 7.94. The van der Waals surface area contributed by atoms with E-state index in [1.807, 2.05) is 48.5 Å². The lowest BCUT2D eigenvalue weighted by molar-refractivity contribution is 0.586. The predicted octanol–water partition coefficient (Wildman–Crippen LogP) is 15.6. The first-order chi connectivity index (χ1) is 30.4. The molecule has 2 aliphatic rings. The number of para-hydroxylation sites is 4. The molecule has 0 radical (unpaired) electrons. The first-order valence-electron chi connectivity index (χ1n) is 22.0. The summed E-state index contributed by atoms with van der Waals surface area (Å²) in [5.41, 5.74) is 22.2. The van der Waals surface area contributed by atoms with Crippen LogP contribution in [0.15, 0.2) is 179 Å². The van der Waals surface area contributed by atoms with E-state index in [4.69, 9.17) is 18.8 Å². The highest BCUT2D eigenvalue weighted by molar-refractivity contribution is 5.97. The molecule has 0 fully saturated rings. The standard InChI is InChI=1S/C59H46N2O2/c1-57(2,3)41-23-25-44-45-26-24-42(58(4,5)6)34-50(45)59(49(44)33-41)47-17-8-7-16-43(47)46-32-37(22-27-48(46)59)35-14-13-15-36(28-35)38-29-39(55-60-51-18-9-11-20-53(51)62-55)31-40(30-38)56-61-52-19-10-12-21-54(52)63-56/h7-34H,1-6H3. The van der Waals surface area contributed by atoms with E-state index in [9.17, 15) is 0 Å². The van der Waals surface area contributed by atoms with Crippen LogP contribution in [0.25, 0.3) is 89.6 Å². The van der Waals surface area contributed by atoms with Gasteiger partial charge < -0.3 is 8.83 Å². The minimum Gasteiger partial charge on any atom is -0.436 e. The maximum Gasteiger partial charge on any atom is 0.227 e. The minimum absolute atomic E-state index is 0.00280. The minimum atomic E-state index is -0.439. The van der Waals surface area contributed by atoms with E-state index in [0.29, 0.717) is 11.8 Å². The van der Waals surface area contributed by atoms with Crippen LogP contribution in [0.5, 0.6) is 0 Å². The summed E-state index contributed by atoms with van der Waals surface area (Å²) in [7, 11) is 0. The lowest BCUT2D eigenvalue weighted by Crippen LogP contribution is -2.27. The van der Waals surface area contributed by atoms with Crippen molar-refractivity contribution in [3.05, 3.63) is 203 Å². The molecule has 4 heteroatoms. The van der Waals surface area contributed by atoms with Gasteiger partial charge in [-0.3, -0.25) is 0 Å². The van der Waals surface area contributed by atoms with Crippen LogP contribution >= 0.6 is 0 Å². The second-order valence-corrected chi connectivity index (χ2v) is 19.4. The first-order valence-corrected chi connectivity index (χ1v) is 22.0. The van der Waals surface area contributed by atoms with Crippen molar-refractivity contribution in [3.63, 3.8) is 0 Å². The molecule has 63 heavy (non-hydrogen) atoms. The Labute approximate surface area is 367 Å². The Morgan fingerprint density at radius 1 is 0.349 bits per heavy atom. The van der Waals surface area contributed by atoms with Gasteiger partial charge in [-0.05, 0) is 143 Å². The van der Waals surface area contributed by atoms with E-state index < -0.39 is 5.41 Å². The highest BCUT2D eigenvalue weighted by Crippen LogP contribution is 2.64. The summed E-state index contributed by atoms with van der Waals surface area (Å²) in [5.74, 6) is 1.11. The number of nitrogens with zero attached hydrogens (tertiary/aromatic N) is 2. The van der Waals surface area contributed by atoms with E-state index in [2.05, 4.69) is 163 Å². The van der Waals surface area contributed by atoms with Crippen molar-refractivity contribution in [2.24, 2.45) is 0 Å². The highest BCUT2D eigenvalue weighted by Gasteiger charge is 2.52. The fourth-order valence-electron chi connectivity index (χ4n) is 10.2. The molecule has 4 nitrogen and oxygen atoms in total. The third kappa shape index (κ3) is 5.74. The number of hydrogen-bond donors (Lipinski definition) is 0. The summed E-state index contributed by atoms with van der Waals surface area (Å²) in [6.07, 6.45) is 0. The van der Waals surface area contributed by atoms with E-state index in [0.717, 1.165) is 50.0 Å². The molecular formula is C59H46N2O2. The number of fused-ring (bicyclic) bond motifs is 12. The molecule has 0 atom stereocenters. The maximum atomic E-state index is 6.33. The third-order valence-corrected chi connectivity index (χ3v) is 13.5. The van der Waals surface area contributed by atoms with Crippen molar-refractivity contribution in [2.45, 2.75) is 57.8 Å². The fraction of sp³-hybridized carbons (Fsp3) is 0.153. The van der Waals surface area contributed by atoms with Gasteiger partial charge in [0.2, 0.25) is 11.8 Å². The SMILES string of the molecule is CC(C)(C)c1ccc2c(c1)C1(c3ccccc3-c3cc(-c4cccc(-c5cc(-c6nc7ccccc7o6)cc(-c6nc7ccccc7o6)c5)c4)ccc31)c1cc(C(C)(C)C)ccc1-2. The molecular weight excluding hydrogens is 769 g/mol. The molecule has 2 heterocycles. The van der Waals surface area contributed by atoms with Gasteiger partial charge in [-0.25, -0.2) is 9.97 Å². The molecule has 304 valence electrons. The second kappa shape index (κ2) is 13.3. The molecule has 12 rings (SSSR count). The Morgan fingerprint density at radius 2 is 0.810 bits per heavy atom. The van der Waals surface area contributed by atoms with Gasteiger partial charge in [-0.1, -0.05) is 157 Å². The van der Waals surface area contributed by atoms with Gasteiger partial charge in [0, 0.05) is 11.1 Å². The van der Waals surface area contributed by atoms with Crippen LogP contribution in [0.3, 0.4) is 0 Å². The average Bonchev–Trinajstić information content (AvgIpc) is 4.07. The van der Waals surface area contributed by atoms with E-state index in [1.54, 1.807) is 0 Å². The summed E-state index contributed by atoms with van der Waals surface area (Å²) in [6, 6.07) is 61.8. The molecule has 1 spiro atoms. The fourth-order valence-corrected chi connectivity index (χ4v) is 10.2. The summed E-state index contributed by atoms with van der Waals surface area (Å²) >= 11 is 0. The Hall–Kier alpha value is -7.30. The van der Waals surface area contributed by atoms with E-state index >= 15 is 0 Å². The molecule has 8 aromatic carbocycles. The number of aromatic nitrogens is 2. The van der Waals surface area contributed by atoms with Gasteiger partial charge in [0.1, 0.15) is 11.0 Å².